The van der Waals surface area contributed by atoms with Crippen molar-refractivity contribution in [2.45, 2.75) is 96.8 Å². The predicted molar refractivity (Wildman–Crippen MR) is 133 cm³/mol. The summed E-state index contributed by atoms with van der Waals surface area (Å²) in [5.41, 5.74) is 3.79. The molecule has 0 unspecified atom stereocenters. The quantitative estimate of drug-likeness (QED) is 0.299. The molecule has 0 bridgehead atoms. The van der Waals surface area contributed by atoms with Crippen molar-refractivity contribution in [3.05, 3.63) is 47.7 Å². The average molecular weight is 433 g/mol. The number of nitrogens with zero attached hydrogens (tertiary/aromatic N) is 2. The van der Waals surface area contributed by atoms with Gasteiger partial charge >= 0.3 is 0 Å². The minimum atomic E-state index is 0.600. The molecule has 0 radical (unpaired) electrons. The van der Waals surface area contributed by atoms with E-state index in [9.17, 15) is 5.26 Å². The highest BCUT2D eigenvalue weighted by Crippen LogP contribution is 2.28. The Hall–Kier alpha value is -2.34. The van der Waals surface area contributed by atoms with Crippen LogP contribution in [0.5, 0.6) is 5.75 Å². The van der Waals surface area contributed by atoms with Gasteiger partial charge in [-0.05, 0) is 61.4 Å². The van der Waals surface area contributed by atoms with E-state index in [1.54, 1.807) is 0 Å². The van der Waals surface area contributed by atoms with Crippen LogP contribution in [-0.4, -0.2) is 11.6 Å². The second kappa shape index (κ2) is 13.9. The third kappa shape index (κ3) is 7.97. The lowest BCUT2D eigenvalue weighted by molar-refractivity contribution is 0.208. The van der Waals surface area contributed by atoms with Crippen molar-refractivity contribution in [3.63, 3.8) is 0 Å². The van der Waals surface area contributed by atoms with Crippen molar-refractivity contribution < 1.29 is 4.74 Å². The van der Waals surface area contributed by atoms with E-state index in [1.807, 2.05) is 24.4 Å². The lowest BCUT2D eigenvalue weighted by atomic mass is 9.90. The first-order valence-corrected chi connectivity index (χ1v) is 12.9. The number of hydrogen-bond donors (Lipinski definition) is 0. The Kier molecular flexibility index (Phi) is 10.6. The summed E-state index contributed by atoms with van der Waals surface area (Å²) in [4.78, 5) is 4.67. The monoisotopic (exact) mass is 432 g/mol. The normalized spacial score (nSPS) is 14.2. The van der Waals surface area contributed by atoms with E-state index in [0.29, 0.717) is 17.2 Å². The second-order valence-corrected chi connectivity index (χ2v) is 9.41. The lowest BCUT2D eigenvalue weighted by Crippen LogP contribution is -2.15. The highest BCUT2D eigenvalue weighted by atomic mass is 16.5. The molecule has 1 aromatic carbocycles. The molecule has 1 heterocycles. The molecule has 0 N–H and O–H groups in total. The fourth-order valence-corrected chi connectivity index (χ4v) is 4.67. The van der Waals surface area contributed by atoms with Crippen LogP contribution < -0.4 is 4.74 Å². The van der Waals surface area contributed by atoms with Gasteiger partial charge in [0.2, 0.25) is 0 Å². The SMILES string of the molecule is CCCCCCCCCCc1ccc(-c2ccc(OCC3CCCCC3)c(C#N)c2)nc1. The van der Waals surface area contributed by atoms with Gasteiger partial charge in [-0.15, -0.1) is 0 Å². The molecule has 0 amide bonds. The Labute approximate surface area is 195 Å². The van der Waals surface area contributed by atoms with Gasteiger partial charge in [0.05, 0.1) is 17.9 Å². The summed E-state index contributed by atoms with van der Waals surface area (Å²) in [5, 5.41) is 9.62. The molecule has 172 valence electrons. The summed E-state index contributed by atoms with van der Waals surface area (Å²) >= 11 is 0. The van der Waals surface area contributed by atoms with Crippen molar-refractivity contribution >= 4 is 0 Å². The molecular weight excluding hydrogens is 392 g/mol. The Morgan fingerprint density at radius 2 is 1.69 bits per heavy atom. The van der Waals surface area contributed by atoms with E-state index in [4.69, 9.17) is 4.74 Å². The Bertz CT molecular complexity index is 831. The lowest BCUT2D eigenvalue weighted by Gasteiger charge is -2.22. The van der Waals surface area contributed by atoms with E-state index in [-0.39, 0.29) is 0 Å². The van der Waals surface area contributed by atoms with Crippen LogP contribution in [0.15, 0.2) is 36.5 Å². The van der Waals surface area contributed by atoms with Crippen LogP contribution in [0.3, 0.4) is 0 Å². The zero-order chi connectivity index (χ0) is 22.4. The van der Waals surface area contributed by atoms with Crippen LogP contribution >= 0.6 is 0 Å². The molecule has 1 aliphatic rings. The van der Waals surface area contributed by atoms with Gasteiger partial charge in [0.15, 0.2) is 0 Å². The first-order chi connectivity index (χ1) is 15.8. The number of ether oxygens (including phenoxy) is 1. The Morgan fingerprint density at radius 1 is 0.938 bits per heavy atom. The average Bonchev–Trinajstić information content (AvgIpc) is 2.85. The minimum absolute atomic E-state index is 0.600. The van der Waals surface area contributed by atoms with Crippen LogP contribution in [0.1, 0.15) is 102 Å². The Balaban J connectivity index is 1.46. The molecule has 1 aliphatic carbocycles. The molecular formula is C29H40N2O. The molecule has 3 nitrogen and oxygen atoms in total. The first kappa shape index (κ1) is 24.3. The maximum atomic E-state index is 9.62. The van der Waals surface area contributed by atoms with Crippen molar-refractivity contribution in [1.29, 1.82) is 5.26 Å². The molecule has 0 aliphatic heterocycles. The van der Waals surface area contributed by atoms with Crippen LogP contribution in [0.2, 0.25) is 0 Å². The highest BCUT2D eigenvalue weighted by Gasteiger charge is 2.15. The number of rotatable bonds is 13. The van der Waals surface area contributed by atoms with Crippen LogP contribution in [0.4, 0.5) is 0 Å². The number of aromatic nitrogens is 1. The van der Waals surface area contributed by atoms with Gasteiger partial charge in [0.1, 0.15) is 11.8 Å². The van der Waals surface area contributed by atoms with Crippen LogP contribution in [-0.2, 0) is 6.42 Å². The molecule has 0 atom stereocenters. The van der Waals surface area contributed by atoms with Crippen LogP contribution in [0, 0.1) is 17.2 Å². The topological polar surface area (TPSA) is 45.9 Å². The van der Waals surface area contributed by atoms with E-state index in [2.05, 4.69) is 30.1 Å². The smallest absolute Gasteiger partial charge is 0.137 e. The molecule has 2 aromatic rings. The van der Waals surface area contributed by atoms with Gasteiger partial charge in [-0.1, -0.05) is 77.2 Å². The summed E-state index contributed by atoms with van der Waals surface area (Å²) < 4.78 is 6.03. The van der Waals surface area contributed by atoms with Crippen molar-refractivity contribution in [2.24, 2.45) is 5.92 Å². The van der Waals surface area contributed by atoms with E-state index in [1.165, 1.54) is 89.0 Å². The fraction of sp³-hybridized carbons (Fsp3) is 0.586. The standard InChI is InChI=1S/C29H40N2O/c1-2-3-4-5-6-7-8-10-13-24-16-18-28(31-22-24)26-17-19-29(27(20-26)21-30)32-23-25-14-11-9-12-15-25/h16-20,22,25H,2-15,23H2,1H3. The zero-order valence-corrected chi connectivity index (χ0v) is 20.0. The first-order valence-electron chi connectivity index (χ1n) is 12.9. The molecule has 1 aromatic heterocycles. The number of pyridine rings is 1. The third-order valence-corrected chi connectivity index (χ3v) is 6.74. The maximum absolute atomic E-state index is 9.62. The van der Waals surface area contributed by atoms with Gasteiger partial charge in [-0.25, -0.2) is 0 Å². The van der Waals surface area contributed by atoms with E-state index < -0.39 is 0 Å². The van der Waals surface area contributed by atoms with Crippen molar-refractivity contribution in [3.8, 4) is 23.1 Å². The second-order valence-electron chi connectivity index (χ2n) is 9.41. The molecule has 3 rings (SSSR count). The number of hydrogen-bond acceptors (Lipinski definition) is 3. The molecule has 32 heavy (non-hydrogen) atoms. The number of unbranched alkanes of at least 4 members (excludes halogenated alkanes) is 7. The zero-order valence-electron chi connectivity index (χ0n) is 20.0. The van der Waals surface area contributed by atoms with Crippen molar-refractivity contribution in [1.82, 2.24) is 4.98 Å². The summed E-state index contributed by atoms with van der Waals surface area (Å²) in [7, 11) is 0. The molecule has 3 heteroatoms. The van der Waals surface area contributed by atoms with Crippen molar-refractivity contribution in [2.75, 3.05) is 6.61 Å². The third-order valence-electron chi connectivity index (χ3n) is 6.74. The van der Waals surface area contributed by atoms with E-state index >= 15 is 0 Å². The van der Waals surface area contributed by atoms with Gasteiger partial charge in [0, 0.05) is 11.8 Å². The number of benzene rings is 1. The maximum Gasteiger partial charge on any atom is 0.137 e. The van der Waals surface area contributed by atoms with Gasteiger partial charge in [0.25, 0.3) is 0 Å². The predicted octanol–water partition coefficient (Wildman–Crippen LogP) is 8.26. The van der Waals surface area contributed by atoms with Gasteiger partial charge in [-0.3, -0.25) is 4.98 Å². The molecule has 0 spiro atoms. The molecule has 0 saturated heterocycles. The highest BCUT2D eigenvalue weighted by molar-refractivity contribution is 5.64. The Morgan fingerprint density at radius 3 is 2.38 bits per heavy atom. The minimum Gasteiger partial charge on any atom is -0.492 e. The summed E-state index contributed by atoms with van der Waals surface area (Å²) in [6.45, 7) is 2.99. The largest absolute Gasteiger partial charge is 0.492 e. The van der Waals surface area contributed by atoms with E-state index in [0.717, 1.165) is 24.3 Å². The van der Waals surface area contributed by atoms with Gasteiger partial charge < -0.3 is 4.74 Å². The fourth-order valence-electron chi connectivity index (χ4n) is 4.67. The van der Waals surface area contributed by atoms with Crippen LogP contribution in [0.25, 0.3) is 11.3 Å². The summed E-state index contributed by atoms with van der Waals surface area (Å²) in [6, 6.07) is 12.5. The molecule has 1 fully saturated rings. The van der Waals surface area contributed by atoms with Gasteiger partial charge in [-0.2, -0.15) is 5.26 Å². The molecule has 1 saturated carbocycles. The number of aryl methyl sites for hydroxylation is 1. The summed E-state index contributed by atoms with van der Waals surface area (Å²) in [5.74, 6) is 1.33. The number of nitriles is 1. The summed E-state index contributed by atoms with van der Waals surface area (Å²) in [6.07, 6.45) is 20.3.